The zero-order chi connectivity index (χ0) is 31.5. The van der Waals surface area contributed by atoms with E-state index < -0.39 is 0 Å². The lowest BCUT2D eigenvalue weighted by atomic mass is 9.87. The molecule has 7 aromatic rings. The van der Waals surface area contributed by atoms with Crippen LogP contribution in [0.4, 0.5) is 0 Å². The van der Waals surface area contributed by atoms with Crippen molar-refractivity contribution < 1.29 is 4.42 Å². The molecule has 2 aromatic heterocycles. The van der Waals surface area contributed by atoms with E-state index >= 15 is 0 Å². The minimum atomic E-state index is 0.210. The minimum Gasteiger partial charge on any atom is -0.456 e. The number of para-hydroxylation sites is 2. The summed E-state index contributed by atoms with van der Waals surface area (Å²) in [6.45, 7) is 16.1. The van der Waals surface area contributed by atoms with Gasteiger partial charge in [-0.1, -0.05) is 97.0 Å². The van der Waals surface area contributed by atoms with Crippen LogP contribution >= 0.6 is 0 Å². The Morgan fingerprint density at radius 3 is 1.93 bits per heavy atom. The van der Waals surface area contributed by atoms with Gasteiger partial charge >= 0.3 is 0 Å². The van der Waals surface area contributed by atoms with E-state index in [0.717, 1.165) is 50.8 Å². The van der Waals surface area contributed by atoms with Crippen LogP contribution < -0.4 is 0 Å². The topological polar surface area (TPSA) is 31.0 Å². The van der Waals surface area contributed by atoms with Crippen LogP contribution in [-0.4, -0.2) is 9.55 Å². The second kappa shape index (κ2) is 11.1. The summed E-state index contributed by atoms with van der Waals surface area (Å²) in [5, 5.41) is 2.29. The van der Waals surface area contributed by atoms with Crippen LogP contribution in [0, 0.1) is 5.41 Å². The lowest BCUT2D eigenvalue weighted by Gasteiger charge is -2.24. The highest BCUT2D eigenvalue weighted by Gasteiger charge is 2.24. The summed E-state index contributed by atoms with van der Waals surface area (Å²) in [7, 11) is 0. The molecular weight excluding hydrogens is 548 g/mol. The van der Waals surface area contributed by atoms with Crippen LogP contribution in [0.15, 0.2) is 108 Å². The molecule has 3 nitrogen and oxygen atoms in total. The van der Waals surface area contributed by atoms with Crippen LogP contribution in [0.25, 0.3) is 61.2 Å². The molecule has 0 fully saturated rings. The number of nitrogens with zero attached hydrogens (tertiary/aromatic N) is 2. The normalized spacial score (nSPS) is 12.4. The largest absolute Gasteiger partial charge is 0.456 e. The molecule has 0 radical (unpaired) electrons. The number of benzene rings is 5. The third-order valence-electron chi connectivity index (χ3n) is 8.83. The molecule has 0 atom stereocenters. The fourth-order valence-electron chi connectivity index (χ4n) is 6.75. The molecule has 45 heavy (non-hydrogen) atoms. The summed E-state index contributed by atoms with van der Waals surface area (Å²) in [5.74, 6) is 1.59. The molecule has 0 N–H and O–H groups in total. The molecule has 0 unspecified atom stereocenters. The van der Waals surface area contributed by atoms with Crippen molar-refractivity contribution in [1.82, 2.24) is 9.55 Å². The van der Waals surface area contributed by atoms with E-state index in [1.54, 1.807) is 0 Å². The predicted octanol–water partition coefficient (Wildman–Crippen LogP) is 12.1. The number of rotatable bonds is 6. The maximum atomic E-state index is 6.33. The lowest BCUT2D eigenvalue weighted by Crippen LogP contribution is -2.09. The summed E-state index contributed by atoms with van der Waals surface area (Å²) in [4.78, 5) is 5.31. The molecular formula is C42H42N2O. The summed E-state index contributed by atoms with van der Waals surface area (Å²) in [6, 6.07) is 37.3. The van der Waals surface area contributed by atoms with Crippen molar-refractivity contribution in [2.45, 2.75) is 66.7 Å². The molecule has 7 rings (SSSR count). The Morgan fingerprint density at radius 2 is 1.27 bits per heavy atom. The van der Waals surface area contributed by atoms with E-state index in [0.29, 0.717) is 11.8 Å². The fourth-order valence-corrected chi connectivity index (χ4v) is 6.75. The quantitative estimate of drug-likeness (QED) is 0.193. The zero-order valence-electron chi connectivity index (χ0n) is 27.5. The SMILES string of the molecule is CC(C)c1cc(-c2ccccc2)cc(C(C)C)c1-n1c(-c2ccc3oc4ccc(CC(C)(C)C)cc4c3c2)nc2ccccc21. The first-order chi connectivity index (χ1) is 21.6. The number of imidazole rings is 1. The number of hydrogen-bond donors (Lipinski definition) is 0. The molecule has 3 heteroatoms. The van der Waals surface area contributed by atoms with Gasteiger partial charge in [0.05, 0.1) is 16.7 Å². The van der Waals surface area contributed by atoms with Crippen LogP contribution in [0.1, 0.15) is 77.0 Å². The van der Waals surface area contributed by atoms with Crippen molar-refractivity contribution >= 4 is 33.0 Å². The van der Waals surface area contributed by atoms with E-state index in [2.05, 4.69) is 156 Å². The van der Waals surface area contributed by atoms with Gasteiger partial charge in [-0.05, 0) is 106 Å². The molecule has 0 bridgehead atoms. The number of furan rings is 1. The highest BCUT2D eigenvalue weighted by Crippen LogP contribution is 2.41. The van der Waals surface area contributed by atoms with Crippen LogP contribution in [0.5, 0.6) is 0 Å². The molecule has 0 spiro atoms. The molecule has 0 aliphatic heterocycles. The highest BCUT2D eigenvalue weighted by atomic mass is 16.3. The van der Waals surface area contributed by atoms with Crippen molar-refractivity contribution in [2.24, 2.45) is 5.41 Å². The molecule has 0 amide bonds. The Balaban J connectivity index is 1.50. The van der Waals surface area contributed by atoms with Crippen LogP contribution in [0.3, 0.4) is 0 Å². The summed E-state index contributed by atoms with van der Waals surface area (Å²) in [6.07, 6.45) is 1.01. The van der Waals surface area contributed by atoms with Gasteiger partial charge in [0.25, 0.3) is 0 Å². The maximum absolute atomic E-state index is 6.33. The predicted molar refractivity (Wildman–Crippen MR) is 191 cm³/mol. The van der Waals surface area contributed by atoms with Gasteiger partial charge in [-0.15, -0.1) is 0 Å². The molecule has 5 aromatic carbocycles. The van der Waals surface area contributed by atoms with Gasteiger partial charge in [0, 0.05) is 16.3 Å². The average Bonchev–Trinajstić information content (AvgIpc) is 3.58. The Bertz CT molecular complexity index is 2140. The average molecular weight is 591 g/mol. The van der Waals surface area contributed by atoms with Gasteiger partial charge < -0.3 is 4.42 Å². The van der Waals surface area contributed by atoms with Gasteiger partial charge in [0.2, 0.25) is 0 Å². The van der Waals surface area contributed by atoms with Gasteiger partial charge in [0.15, 0.2) is 0 Å². The van der Waals surface area contributed by atoms with E-state index in [1.807, 2.05) is 0 Å². The second-order valence-electron chi connectivity index (χ2n) is 14.3. The molecule has 2 heterocycles. The van der Waals surface area contributed by atoms with Gasteiger partial charge in [-0.3, -0.25) is 4.57 Å². The smallest absolute Gasteiger partial charge is 0.145 e. The number of hydrogen-bond acceptors (Lipinski definition) is 2. The first kappa shape index (κ1) is 29.1. The molecule has 226 valence electrons. The van der Waals surface area contributed by atoms with Gasteiger partial charge in [0.1, 0.15) is 17.0 Å². The monoisotopic (exact) mass is 590 g/mol. The summed E-state index contributed by atoms with van der Waals surface area (Å²) >= 11 is 0. The Kier molecular flexibility index (Phi) is 7.16. The van der Waals surface area contributed by atoms with Gasteiger partial charge in [-0.25, -0.2) is 4.98 Å². The number of fused-ring (bicyclic) bond motifs is 4. The second-order valence-corrected chi connectivity index (χ2v) is 14.3. The van der Waals surface area contributed by atoms with Crippen molar-refractivity contribution in [3.8, 4) is 28.2 Å². The fraction of sp³-hybridized carbons (Fsp3) is 0.262. The third-order valence-corrected chi connectivity index (χ3v) is 8.83. The standard InChI is InChI=1S/C42H42N2O/c1-26(2)32-23-31(29-13-9-8-10-14-29)24-33(27(3)4)40(32)44-37-16-12-11-15-36(37)43-41(44)30-18-20-39-35(22-30)34-21-28(25-42(5,6)7)17-19-38(34)45-39/h8-24,26-27H,25H2,1-7H3. The molecule has 0 aliphatic carbocycles. The molecule has 0 saturated heterocycles. The van der Waals surface area contributed by atoms with Crippen LogP contribution in [-0.2, 0) is 6.42 Å². The van der Waals surface area contributed by atoms with Crippen molar-refractivity contribution in [3.63, 3.8) is 0 Å². The van der Waals surface area contributed by atoms with Crippen molar-refractivity contribution in [1.29, 1.82) is 0 Å². The number of aromatic nitrogens is 2. The van der Waals surface area contributed by atoms with Crippen molar-refractivity contribution in [2.75, 3.05) is 0 Å². The first-order valence-electron chi connectivity index (χ1n) is 16.2. The Labute approximate surface area is 266 Å². The van der Waals surface area contributed by atoms with E-state index in [4.69, 9.17) is 9.40 Å². The maximum Gasteiger partial charge on any atom is 0.145 e. The summed E-state index contributed by atoms with van der Waals surface area (Å²) in [5.41, 5.74) is 13.0. The third kappa shape index (κ3) is 5.35. The Hall–Kier alpha value is -4.63. The van der Waals surface area contributed by atoms with Crippen LogP contribution in [0.2, 0.25) is 0 Å². The summed E-state index contributed by atoms with van der Waals surface area (Å²) < 4.78 is 8.75. The van der Waals surface area contributed by atoms with Gasteiger partial charge in [-0.2, -0.15) is 0 Å². The Morgan fingerprint density at radius 1 is 0.644 bits per heavy atom. The first-order valence-corrected chi connectivity index (χ1v) is 16.2. The van der Waals surface area contributed by atoms with E-state index in [9.17, 15) is 0 Å². The van der Waals surface area contributed by atoms with Crippen molar-refractivity contribution in [3.05, 3.63) is 120 Å². The van der Waals surface area contributed by atoms with E-state index in [1.165, 1.54) is 33.5 Å². The lowest BCUT2D eigenvalue weighted by molar-refractivity contribution is 0.411. The molecule has 0 saturated carbocycles. The van der Waals surface area contributed by atoms with E-state index in [-0.39, 0.29) is 5.41 Å². The molecule has 0 aliphatic rings. The highest BCUT2D eigenvalue weighted by molar-refractivity contribution is 6.06. The minimum absolute atomic E-state index is 0.210. The zero-order valence-corrected chi connectivity index (χ0v) is 27.5.